The van der Waals surface area contributed by atoms with E-state index in [1.54, 1.807) is 6.20 Å². The summed E-state index contributed by atoms with van der Waals surface area (Å²) in [6.45, 7) is 2.14. The minimum Gasteiger partial charge on any atom is -0.384 e. The van der Waals surface area contributed by atoms with Gasteiger partial charge in [-0.3, -0.25) is 5.10 Å². The lowest BCUT2D eigenvalue weighted by Crippen LogP contribution is -2.37. The summed E-state index contributed by atoms with van der Waals surface area (Å²) in [5, 5.41) is 9.22. The smallest absolute Gasteiger partial charge is 0.317 e. The summed E-state index contributed by atoms with van der Waals surface area (Å²) in [7, 11) is 0. The maximum Gasteiger partial charge on any atom is 0.317 e. The van der Waals surface area contributed by atoms with Gasteiger partial charge in [0.05, 0.1) is 6.20 Å². The van der Waals surface area contributed by atoms with Gasteiger partial charge in [0.2, 0.25) is 0 Å². The fourth-order valence-electron chi connectivity index (χ4n) is 1.66. The van der Waals surface area contributed by atoms with Crippen LogP contribution in [0.1, 0.15) is 18.4 Å². The second-order valence-corrected chi connectivity index (χ2v) is 3.66. The van der Waals surface area contributed by atoms with Gasteiger partial charge in [-0.15, -0.1) is 0 Å². The highest BCUT2D eigenvalue weighted by atomic mass is 16.2. The minimum atomic E-state index is -0.0203. The van der Waals surface area contributed by atoms with Crippen molar-refractivity contribution >= 4 is 11.8 Å². The van der Waals surface area contributed by atoms with Crippen LogP contribution in [0.5, 0.6) is 0 Å². The lowest BCUT2D eigenvalue weighted by atomic mass is 10.3. The number of aromatic amines is 1. The van der Waals surface area contributed by atoms with Crippen LogP contribution in [0, 0.1) is 0 Å². The zero-order valence-electron chi connectivity index (χ0n) is 8.49. The number of nitrogen functional groups attached to an aromatic ring is 1. The van der Waals surface area contributed by atoms with Crippen molar-refractivity contribution in [1.29, 1.82) is 0 Å². The molecule has 4 N–H and O–H groups in total. The number of likely N-dealkylation sites (tertiary alicyclic amines) is 1. The molecule has 0 spiro atoms. The number of hydrogen-bond acceptors (Lipinski definition) is 3. The molecule has 0 aromatic carbocycles. The second kappa shape index (κ2) is 4.20. The first-order valence-corrected chi connectivity index (χ1v) is 5.08. The Bertz CT molecular complexity index is 342. The Hall–Kier alpha value is -1.72. The second-order valence-electron chi connectivity index (χ2n) is 3.66. The van der Waals surface area contributed by atoms with Gasteiger partial charge in [0.25, 0.3) is 0 Å². The van der Waals surface area contributed by atoms with Crippen LogP contribution in [0.15, 0.2) is 6.20 Å². The Kier molecular flexibility index (Phi) is 2.75. The van der Waals surface area contributed by atoms with Crippen molar-refractivity contribution in [3.8, 4) is 0 Å². The Morgan fingerprint density at radius 3 is 2.93 bits per heavy atom. The van der Waals surface area contributed by atoms with Crippen LogP contribution in [0.25, 0.3) is 0 Å². The van der Waals surface area contributed by atoms with Crippen molar-refractivity contribution in [1.82, 2.24) is 20.4 Å². The number of rotatable bonds is 2. The van der Waals surface area contributed by atoms with E-state index in [1.807, 2.05) is 4.90 Å². The molecule has 0 unspecified atom stereocenters. The molecule has 6 nitrogen and oxygen atoms in total. The molecule has 6 heteroatoms. The first-order chi connectivity index (χ1) is 7.27. The van der Waals surface area contributed by atoms with E-state index in [0.29, 0.717) is 12.4 Å². The van der Waals surface area contributed by atoms with Crippen molar-refractivity contribution in [2.75, 3.05) is 18.8 Å². The van der Waals surface area contributed by atoms with Gasteiger partial charge in [0.1, 0.15) is 5.82 Å². The Morgan fingerprint density at radius 1 is 1.60 bits per heavy atom. The van der Waals surface area contributed by atoms with Gasteiger partial charge in [-0.05, 0) is 12.8 Å². The number of nitrogens with one attached hydrogen (secondary N) is 2. The van der Waals surface area contributed by atoms with Crippen LogP contribution in [-0.2, 0) is 6.54 Å². The number of amides is 2. The third-order valence-electron chi connectivity index (χ3n) is 2.57. The molecule has 0 aliphatic carbocycles. The number of nitrogens with zero attached hydrogens (tertiary/aromatic N) is 2. The predicted molar refractivity (Wildman–Crippen MR) is 56.0 cm³/mol. The molecular formula is C9H15N5O. The summed E-state index contributed by atoms with van der Waals surface area (Å²) >= 11 is 0. The van der Waals surface area contributed by atoms with E-state index in [1.165, 1.54) is 0 Å². The fourth-order valence-corrected chi connectivity index (χ4v) is 1.66. The molecule has 1 fully saturated rings. The van der Waals surface area contributed by atoms with Crippen LogP contribution in [-0.4, -0.2) is 34.2 Å². The predicted octanol–water partition coefficient (Wildman–Crippen LogP) is 0.297. The molecule has 2 heterocycles. The maximum absolute atomic E-state index is 11.6. The van der Waals surface area contributed by atoms with E-state index in [-0.39, 0.29) is 6.03 Å². The third kappa shape index (κ3) is 2.20. The lowest BCUT2D eigenvalue weighted by Gasteiger charge is -2.15. The summed E-state index contributed by atoms with van der Waals surface area (Å²) < 4.78 is 0. The minimum absolute atomic E-state index is 0.0203. The standard InChI is InChI=1S/C9H15N5O/c10-8-7(6-12-13-8)5-11-9(15)14-3-1-2-4-14/h6H,1-5H2,(H,11,15)(H3,10,12,13). The van der Waals surface area contributed by atoms with Gasteiger partial charge in [-0.2, -0.15) is 5.10 Å². The van der Waals surface area contributed by atoms with Gasteiger partial charge < -0.3 is 16.0 Å². The van der Waals surface area contributed by atoms with Crippen molar-refractivity contribution in [3.05, 3.63) is 11.8 Å². The first kappa shape index (κ1) is 9.82. The monoisotopic (exact) mass is 209 g/mol. The maximum atomic E-state index is 11.6. The largest absolute Gasteiger partial charge is 0.384 e. The van der Waals surface area contributed by atoms with Crippen molar-refractivity contribution in [2.24, 2.45) is 0 Å². The van der Waals surface area contributed by atoms with Gasteiger partial charge in [-0.25, -0.2) is 4.79 Å². The molecule has 0 atom stereocenters. The molecule has 1 aliphatic heterocycles. The summed E-state index contributed by atoms with van der Waals surface area (Å²) in [5.74, 6) is 0.511. The van der Waals surface area contributed by atoms with Crippen LogP contribution in [0.4, 0.5) is 10.6 Å². The molecule has 1 aromatic heterocycles. The Balaban J connectivity index is 1.83. The van der Waals surface area contributed by atoms with Crippen molar-refractivity contribution in [3.63, 3.8) is 0 Å². The lowest BCUT2D eigenvalue weighted by molar-refractivity contribution is 0.208. The molecule has 1 aliphatic rings. The van der Waals surface area contributed by atoms with E-state index >= 15 is 0 Å². The third-order valence-corrected chi connectivity index (χ3v) is 2.57. The molecule has 0 bridgehead atoms. The average molecular weight is 209 g/mol. The van der Waals surface area contributed by atoms with E-state index in [0.717, 1.165) is 31.5 Å². The summed E-state index contributed by atoms with van der Waals surface area (Å²) in [6, 6.07) is -0.0203. The van der Waals surface area contributed by atoms with Crippen LogP contribution in [0.3, 0.4) is 0 Å². The van der Waals surface area contributed by atoms with E-state index < -0.39 is 0 Å². The number of urea groups is 1. The molecule has 0 saturated carbocycles. The number of carbonyl (C=O) groups excluding carboxylic acids is 1. The van der Waals surface area contributed by atoms with Crippen molar-refractivity contribution < 1.29 is 4.79 Å². The summed E-state index contributed by atoms with van der Waals surface area (Å²) in [6.07, 6.45) is 3.82. The van der Waals surface area contributed by atoms with E-state index in [2.05, 4.69) is 15.5 Å². The highest BCUT2D eigenvalue weighted by Crippen LogP contribution is 2.08. The fraction of sp³-hybridized carbons (Fsp3) is 0.556. The topological polar surface area (TPSA) is 87.0 Å². The van der Waals surface area contributed by atoms with Gasteiger partial charge in [0.15, 0.2) is 0 Å². The number of anilines is 1. The zero-order valence-corrected chi connectivity index (χ0v) is 8.49. The summed E-state index contributed by atoms with van der Waals surface area (Å²) in [5.41, 5.74) is 6.42. The number of nitrogens with two attached hydrogens (primary N) is 1. The molecular weight excluding hydrogens is 194 g/mol. The van der Waals surface area contributed by atoms with E-state index in [9.17, 15) is 4.79 Å². The van der Waals surface area contributed by atoms with Crippen LogP contribution < -0.4 is 11.1 Å². The molecule has 15 heavy (non-hydrogen) atoms. The number of H-pyrrole nitrogens is 1. The highest BCUT2D eigenvalue weighted by molar-refractivity contribution is 5.74. The van der Waals surface area contributed by atoms with Crippen LogP contribution >= 0.6 is 0 Å². The quantitative estimate of drug-likeness (QED) is 0.654. The first-order valence-electron chi connectivity index (χ1n) is 5.08. The molecule has 82 valence electrons. The van der Waals surface area contributed by atoms with Crippen LogP contribution in [0.2, 0.25) is 0 Å². The molecule has 0 radical (unpaired) electrons. The molecule has 2 rings (SSSR count). The van der Waals surface area contributed by atoms with Gasteiger partial charge >= 0.3 is 6.03 Å². The number of aromatic nitrogens is 2. The van der Waals surface area contributed by atoms with E-state index in [4.69, 9.17) is 5.73 Å². The van der Waals surface area contributed by atoms with Gasteiger partial charge in [0, 0.05) is 25.2 Å². The van der Waals surface area contributed by atoms with Gasteiger partial charge in [-0.1, -0.05) is 0 Å². The highest BCUT2D eigenvalue weighted by Gasteiger charge is 2.17. The Morgan fingerprint density at radius 2 is 2.33 bits per heavy atom. The Labute approximate surface area is 87.8 Å². The molecule has 2 amide bonds. The number of hydrogen-bond donors (Lipinski definition) is 3. The van der Waals surface area contributed by atoms with Crippen molar-refractivity contribution in [2.45, 2.75) is 19.4 Å². The summed E-state index contributed by atoms with van der Waals surface area (Å²) in [4.78, 5) is 13.4. The normalized spacial score (nSPS) is 15.6. The zero-order chi connectivity index (χ0) is 10.7. The average Bonchev–Trinajstić information content (AvgIpc) is 2.85. The molecule has 1 aromatic rings. The number of carbonyl (C=O) groups is 1. The molecule has 1 saturated heterocycles. The SMILES string of the molecule is Nc1[nH]ncc1CNC(=O)N1CCCC1.